The van der Waals surface area contributed by atoms with Crippen LogP contribution in [0.1, 0.15) is 0 Å². The van der Waals surface area contributed by atoms with E-state index >= 15 is 0 Å². The summed E-state index contributed by atoms with van der Waals surface area (Å²) in [6.07, 6.45) is 1.58. The summed E-state index contributed by atoms with van der Waals surface area (Å²) in [5, 5.41) is 12.0. The average molecular weight is 168 g/mol. The van der Waals surface area contributed by atoms with E-state index in [2.05, 4.69) is 20.8 Å². The molecular weight excluding hydrogens is 156 g/mol. The van der Waals surface area contributed by atoms with Crippen LogP contribution >= 0.6 is 0 Å². The molecule has 0 aromatic carbocycles. The summed E-state index contributed by atoms with van der Waals surface area (Å²) < 4.78 is 0. The number of anilines is 1. The monoisotopic (exact) mass is 168 g/mol. The molecule has 1 rings (SSSR count). The highest BCUT2D eigenvalue weighted by molar-refractivity contribution is 5.38. The van der Waals surface area contributed by atoms with Gasteiger partial charge in [-0.3, -0.25) is 4.79 Å². The summed E-state index contributed by atoms with van der Waals surface area (Å²) in [5.41, 5.74) is 0.554. The van der Waals surface area contributed by atoms with E-state index in [1.807, 2.05) is 7.05 Å². The summed E-state index contributed by atoms with van der Waals surface area (Å²) in [6, 6.07) is 1.47. The first-order valence-corrected chi connectivity index (χ1v) is 3.76. The van der Waals surface area contributed by atoms with E-state index in [1.165, 1.54) is 6.07 Å². The second-order valence-corrected chi connectivity index (χ2v) is 2.36. The maximum Gasteiger partial charge on any atom is 0.266 e. The molecule has 5 heteroatoms. The zero-order valence-corrected chi connectivity index (χ0v) is 6.92. The lowest BCUT2D eigenvalue weighted by molar-refractivity contribution is 0.822. The van der Waals surface area contributed by atoms with Crippen LogP contribution in [0.4, 0.5) is 5.69 Å². The Morgan fingerprint density at radius 1 is 1.58 bits per heavy atom. The van der Waals surface area contributed by atoms with E-state index in [0.717, 1.165) is 18.8 Å². The fraction of sp³-hybridized carbons (Fsp3) is 0.429. The van der Waals surface area contributed by atoms with Crippen molar-refractivity contribution in [1.29, 1.82) is 0 Å². The summed E-state index contributed by atoms with van der Waals surface area (Å²) >= 11 is 0. The van der Waals surface area contributed by atoms with Gasteiger partial charge in [0.2, 0.25) is 0 Å². The lowest BCUT2D eigenvalue weighted by Crippen LogP contribution is -2.18. The van der Waals surface area contributed by atoms with Gasteiger partial charge < -0.3 is 10.6 Å². The summed E-state index contributed by atoms with van der Waals surface area (Å²) in [5.74, 6) is 0. The van der Waals surface area contributed by atoms with Crippen molar-refractivity contribution < 1.29 is 0 Å². The van der Waals surface area contributed by atoms with E-state index in [9.17, 15) is 4.79 Å². The number of aromatic amines is 1. The number of aromatic nitrogens is 2. The van der Waals surface area contributed by atoms with Gasteiger partial charge in [-0.25, -0.2) is 5.10 Å². The van der Waals surface area contributed by atoms with Gasteiger partial charge in [-0.1, -0.05) is 0 Å². The first kappa shape index (κ1) is 8.73. The Morgan fingerprint density at radius 3 is 3.08 bits per heavy atom. The Hall–Kier alpha value is -1.36. The molecule has 0 aliphatic rings. The van der Waals surface area contributed by atoms with Crippen molar-refractivity contribution in [3.63, 3.8) is 0 Å². The lowest BCUT2D eigenvalue weighted by Gasteiger charge is -2.03. The van der Waals surface area contributed by atoms with Gasteiger partial charge in [-0.2, -0.15) is 5.10 Å². The molecule has 0 aliphatic carbocycles. The number of H-pyrrole nitrogens is 1. The van der Waals surface area contributed by atoms with Crippen molar-refractivity contribution in [2.45, 2.75) is 0 Å². The van der Waals surface area contributed by atoms with Crippen LogP contribution in [0.2, 0.25) is 0 Å². The molecule has 12 heavy (non-hydrogen) atoms. The molecule has 0 spiro atoms. The molecule has 0 fully saturated rings. The quantitative estimate of drug-likeness (QED) is 0.525. The van der Waals surface area contributed by atoms with Gasteiger partial charge in [0.1, 0.15) is 0 Å². The Kier molecular flexibility index (Phi) is 3.28. The molecule has 0 unspecified atom stereocenters. The van der Waals surface area contributed by atoms with Crippen molar-refractivity contribution in [3.8, 4) is 0 Å². The molecule has 5 nitrogen and oxygen atoms in total. The number of rotatable bonds is 4. The Balaban J connectivity index is 2.47. The predicted octanol–water partition coefficient (Wildman–Crippen LogP) is -0.599. The third-order valence-electron chi connectivity index (χ3n) is 1.37. The molecule has 66 valence electrons. The molecule has 0 saturated heterocycles. The number of nitrogens with one attached hydrogen (secondary N) is 3. The average Bonchev–Trinajstić information content (AvgIpc) is 2.05. The molecule has 1 aromatic rings. The van der Waals surface area contributed by atoms with Crippen molar-refractivity contribution in [3.05, 3.63) is 22.6 Å². The number of hydrogen-bond donors (Lipinski definition) is 3. The fourth-order valence-electron chi connectivity index (χ4n) is 0.805. The highest BCUT2D eigenvalue weighted by Gasteiger charge is 1.90. The Bertz CT molecular complexity index is 283. The third-order valence-corrected chi connectivity index (χ3v) is 1.37. The van der Waals surface area contributed by atoms with Crippen LogP contribution in [-0.2, 0) is 0 Å². The van der Waals surface area contributed by atoms with E-state index < -0.39 is 0 Å². The maximum atomic E-state index is 10.7. The lowest BCUT2D eigenvalue weighted by atomic mass is 10.4. The summed E-state index contributed by atoms with van der Waals surface area (Å²) in [4.78, 5) is 10.7. The van der Waals surface area contributed by atoms with Gasteiger partial charge in [-0.15, -0.1) is 0 Å². The highest BCUT2D eigenvalue weighted by atomic mass is 16.1. The molecule has 0 saturated carbocycles. The van der Waals surface area contributed by atoms with Crippen molar-refractivity contribution in [2.24, 2.45) is 0 Å². The SMILES string of the molecule is CNCCNc1cn[nH]c(=O)c1. The van der Waals surface area contributed by atoms with Crippen LogP contribution in [0.25, 0.3) is 0 Å². The predicted molar refractivity (Wildman–Crippen MR) is 47.3 cm³/mol. The molecule has 0 aliphatic heterocycles. The van der Waals surface area contributed by atoms with Crippen LogP contribution in [0.15, 0.2) is 17.1 Å². The zero-order valence-electron chi connectivity index (χ0n) is 6.92. The van der Waals surface area contributed by atoms with Crippen LogP contribution in [0.5, 0.6) is 0 Å². The maximum absolute atomic E-state index is 10.7. The summed E-state index contributed by atoms with van der Waals surface area (Å²) in [6.45, 7) is 1.63. The molecule has 0 bridgehead atoms. The second kappa shape index (κ2) is 4.50. The second-order valence-electron chi connectivity index (χ2n) is 2.36. The first-order chi connectivity index (χ1) is 5.83. The van der Waals surface area contributed by atoms with Gasteiger partial charge >= 0.3 is 0 Å². The molecule has 3 N–H and O–H groups in total. The molecular formula is C7H12N4O. The van der Waals surface area contributed by atoms with Gasteiger partial charge in [0.15, 0.2) is 0 Å². The standard InChI is InChI=1S/C7H12N4O/c1-8-2-3-9-6-4-7(12)11-10-5-6/h4-5,8H,2-3H2,1H3,(H2,9,11,12). The zero-order chi connectivity index (χ0) is 8.81. The topological polar surface area (TPSA) is 69.8 Å². The number of nitrogens with zero attached hydrogens (tertiary/aromatic N) is 1. The normalized spacial score (nSPS) is 9.75. The minimum Gasteiger partial charge on any atom is -0.382 e. The van der Waals surface area contributed by atoms with Crippen molar-refractivity contribution in [2.75, 3.05) is 25.5 Å². The minimum atomic E-state index is -0.190. The van der Waals surface area contributed by atoms with E-state index in [4.69, 9.17) is 0 Å². The van der Waals surface area contributed by atoms with Gasteiger partial charge in [0, 0.05) is 19.2 Å². The van der Waals surface area contributed by atoms with Gasteiger partial charge in [0.25, 0.3) is 5.56 Å². The Labute approximate surface area is 70.2 Å². The van der Waals surface area contributed by atoms with Crippen molar-refractivity contribution >= 4 is 5.69 Å². The molecule has 1 aromatic heterocycles. The van der Waals surface area contributed by atoms with Crippen molar-refractivity contribution in [1.82, 2.24) is 15.5 Å². The fourth-order valence-corrected chi connectivity index (χ4v) is 0.805. The van der Waals surface area contributed by atoms with Crippen LogP contribution in [0, 0.1) is 0 Å². The molecule has 0 amide bonds. The van der Waals surface area contributed by atoms with E-state index in [1.54, 1.807) is 6.20 Å². The molecule has 1 heterocycles. The van der Waals surface area contributed by atoms with Gasteiger partial charge in [0.05, 0.1) is 11.9 Å². The Morgan fingerprint density at radius 2 is 2.42 bits per heavy atom. The summed E-state index contributed by atoms with van der Waals surface area (Å²) in [7, 11) is 1.87. The third kappa shape index (κ3) is 2.71. The van der Waals surface area contributed by atoms with E-state index in [-0.39, 0.29) is 5.56 Å². The number of likely N-dealkylation sites (N-methyl/N-ethyl adjacent to an activating group) is 1. The van der Waals surface area contributed by atoms with Crippen LogP contribution in [0.3, 0.4) is 0 Å². The van der Waals surface area contributed by atoms with Crippen LogP contribution < -0.4 is 16.2 Å². The first-order valence-electron chi connectivity index (χ1n) is 3.76. The highest BCUT2D eigenvalue weighted by Crippen LogP contribution is 1.95. The minimum absolute atomic E-state index is 0.190. The number of hydrogen-bond acceptors (Lipinski definition) is 4. The van der Waals surface area contributed by atoms with E-state index in [0.29, 0.717) is 0 Å². The molecule has 0 radical (unpaired) electrons. The van der Waals surface area contributed by atoms with Gasteiger partial charge in [-0.05, 0) is 7.05 Å². The van der Waals surface area contributed by atoms with Crippen LogP contribution in [-0.4, -0.2) is 30.3 Å². The molecule has 0 atom stereocenters. The smallest absolute Gasteiger partial charge is 0.266 e. The largest absolute Gasteiger partial charge is 0.382 e.